The normalized spacial score (nSPS) is 10.1. The minimum Gasteiger partial charge on any atom is -0.332 e. The van der Waals surface area contributed by atoms with Gasteiger partial charge in [0.1, 0.15) is 0 Å². The molecular formula is C10H8N4O4. The third-order valence-electron chi connectivity index (χ3n) is 2.02. The Bertz CT molecular complexity index is 607. The highest BCUT2D eigenvalue weighted by Crippen LogP contribution is 2.22. The van der Waals surface area contributed by atoms with Crippen molar-refractivity contribution in [2.45, 2.75) is 6.92 Å². The summed E-state index contributed by atoms with van der Waals surface area (Å²) in [7, 11) is 0. The number of anilines is 1. The van der Waals surface area contributed by atoms with E-state index in [2.05, 4.69) is 15.5 Å². The topological polar surface area (TPSA) is 111 Å². The largest absolute Gasteiger partial charge is 0.332 e. The molecule has 18 heavy (non-hydrogen) atoms. The van der Waals surface area contributed by atoms with Crippen LogP contribution >= 0.6 is 0 Å². The SMILES string of the molecule is CC(=O)Nc1noc(-c2cccc([N+](=O)[O-])c2)n1. The van der Waals surface area contributed by atoms with Crippen LogP contribution in [0, 0.1) is 10.1 Å². The van der Waals surface area contributed by atoms with Crippen molar-refractivity contribution >= 4 is 17.5 Å². The number of non-ortho nitro benzene ring substituents is 1. The van der Waals surface area contributed by atoms with Crippen LogP contribution in [-0.2, 0) is 4.79 Å². The number of nitro benzene ring substituents is 1. The van der Waals surface area contributed by atoms with E-state index >= 15 is 0 Å². The van der Waals surface area contributed by atoms with Crippen molar-refractivity contribution < 1.29 is 14.2 Å². The maximum absolute atomic E-state index is 10.8. The highest BCUT2D eigenvalue weighted by molar-refractivity contribution is 5.86. The lowest BCUT2D eigenvalue weighted by Crippen LogP contribution is -2.06. The second-order valence-corrected chi connectivity index (χ2v) is 3.41. The molecule has 1 N–H and O–H groups in total. The highest BCUT2D eigenvalue weighted by atomic mass is 16.6. The summed E-state index contributed by atoms with van der Waals surface area (Å²) in [6.07, 6.45) is 0. The van der Waals surface area contributed by atoms with E-state index in [-0.39, 0.29) is 23.4 Å². The van der Waals surface area contributed by atoms with Gasteiger partial charge in [0.25, 0.3) is 17.5 Å². The van der Waals surface area contributed by atoms with Crippen LogP contribution in [0.15, 0.2) is 28.8 Å². The molecule has 0 unspecified atom stereocenters. The molecule has 92 valence electrons. The fourth-order valence-electron chi connectivity index (χ4n) is 1.30. The lowest BCUT2D eigenvalue weighted by atomic mass is 10.2. The van der Waals surface area contributed by atoms with Gasteiger partial charge in [-0.25, -0.2) is 0 Å². The van der Waals surface area contributed by atoms with Crippen LogP contribution in [0.5, 0.6) is 0 Å². The summed E-state index contributed by atoms with van der Waals surface area (Å²) in [4.78, 5) is 24.8. The van der Waals surface area contributed by atoms with Crippen LogP contribution < -0.4 is 5.32 Å². The molecule has 0 aliphatic carbocycles. The van der Waals surface area contributed by atoms with E-state index < -0.39 is 4.92 Å². The van der Waals surface area contributed by atoms with Crippen LogP contribution in [0.4, 0.5) is 11.6 Å². The van der Waals surface area contributed by atoms with E-state index in [4.69, 9.17) is 4.52 Å². The van der Waals surface area contributed by atoms with E-state index in [1.165, 1.54) is 25.1 Å². The van der Waals surface area contributed by atoms with Gasteiger partial charge in [0.05, 0.1) is 4.92 Å². The molecule has 2 aromatic rings. The molecule has 0 radical (unpaired) electrons. The van der Waals surface area contributed by atoms with E-state index in [0.29, 0.717) is 5.56 Å². The number of benzene rings is 1. The van der Waals surface area contributed by atoms with Gasteiger partial charge < -0.3 is 4.52 Å². The number of aromatic nitrogens is 2. The minimum atomic E-state index is -0.519. The van der Waals surface area contributed by atoms with Gasteiger partial charge in [0.2, 0.25) is 5.91 Å². The van der Waals surface area contributed by atoms with Gasteiger partial charge in [-0.05, 0) is 11.2 Å². The molecule has 0 atom stereocenters. The van der Waals surface area contributed by atoms with Crippen LogP contribution in [-0.4, -0.2) is 21.0 Å². The number of hydrogen-bond donors (Lipinski definition) is 1. The van der Waals surface area contributed by atoms with Gasteiger partial charge in [-0.2, -0.15) is 4.98 Å². The van der Waals surface area contributed by atoms with Crippen molar-refractivity contribution in [2.75, 3.05) is 5.32 Å². The third kappa shape index (κ3) is 2.48. The molecule has 8 nitrogen and oxygen atoms in total. The fraction of sp³-hybridized carbons (Fsp3) is 0.100. The molecule has 0 fully saturated rings. The van der Waals surface area contributed by atoms with Crippen LogP contribution in [0.2, 0.25) is 0 Å². The first-order valence-corrected chi connectivity index (χ1v) is 4.92. The number of amides is 1. The monoisotopic (exact) mass is 248 g/mol. The molecule has 8 heteroatoms. The van der Waals surface area contributed by atoms with Crippen molar-refractivity contribution in [1.82, 2.24) is 10.1 Å². The predicted molar refractivity (Wildman–Crippen MR) is 60.7 cm³/mol. The number of nitrogens with one attached hydrogen (secondary N) is 1. The first-order chi connectivity index (χ1) is 8.56. The van der Waals surface area contributed by atoms with Gasteiger partial charge in [-0.15, -0.1) is 0 Å². The van der Waals surface area contributed by atoms with Crippen molar-refractivity contribution in [1.29, 1.82) is 0 Å². The Hall–Kier alpha value is -2.77. The zero-order chi connectivity index (χ0) is 13.1. The Morgan fingerprint density at radius 3 is 2.94 bits per heavy atom. The average Bonchev–Trinajstić information content (AvgIpc) is 2.77. The number of rotatable bonds is 3. The van der Waals surface area contributed by atoms with Gasteiger partial charge in [-0.1, -0.05) is 6.07 Å². The van der Waals surface area contributed by atoms with E-state index in [0.717, 1.165) is 0 Å². The van der Waals surface area contributed by atoms with Crippen molar-refractivity contribution in [3.8, 4) is 11.5 Å². The highest BCUT2D eigenvalue weighted by Gasteiger charge is 2.13. The lowest BCUT2D eigenvalue weighted by molar-refractivity contribution is -0.384. The molecule has 0 saturated heterocycles. The molecule has 1 aromatic carbocycles. The summed E-state index contributed by atoms with van der Waals surface area (Å²) in [5.74, 6) is -0.215. The summed E-state index contributed by atoms with van der Waals surface area (Å²) in [5.41, 5.74) is 0.333. The van der Waals surface area contributed by atoms with E-state index in [9.17, 15) is 14.9 Å². The molecule has 0 spiro atoms. The Labute approximate surface area is 101 Å². The Kier molecular flexibility index (Phi) is 3.00. The second kappa shape index (κ2) is 4.62. The van der Waals surface area contributed by atoms with Gasteiger partial charge in [0, 0.05) is 24.6 Å². The maximum atomic E-state index is 10.8. The summed E-state index contributed by atoms with van der Waals surface area (Å²) in [6, 6.07) is 5.77. The minimum absolute atomic E-state index is 0.0176. The standard InChI is InChI=1S/C10H8N4O4/c1-6(15)11-10-12-9(18-13-10)7-3-2-4-8(5-7)14(16)17/h2-5H,1H3,(H,11,13,15). The molecule has 1 amide bonds. The number of hydrogen-bond acceptors (Lipinski definition) is 6. The van der Waals surface area contributed by atoms with Crippen molar-refractivity contribution in [3.05, 3.63) is 34.4 Å². The number of nitrogens with zero attached hydrogens (tertiary/aromatic N) is 3. The van der Waals surface area contributed by atoms with Gasteiger partial charge >= 0.3 is 0 Å². The summed E-state index contributed by atoms with van der Waals surface area (Å²) in [5, 5.41) is 16.5. The first-order valence-electron chi connectivity index (χ1n) is 4.92. The second-order valence-electron chi connectivity index (χ2n) is 3.41. The van der Waals surface area contributed by atoms with Crippen molar-refractivity contribution in [3.63, 3.8) is 0 Å². The average molecular weight is 248 g/mol. The first kappa shape index (κ1) is 11.7. The lowest BCUT2D eigenvalue weighted by Gasteiger charge is -1.94. The zero-order valence-electron chi connectivity index (χ0n) is 9.28. The maximum Gasteiger partial charge on any atom is 0.270 e. The van der Waals surface area contributed by atoms with Gasteiger partial charge in [0.15, 0.2) is 0 Å². The van der Waals surface area contributed by atoms with E-state index in [1.807, 2.05) is 0 Å². The number of nitro groups is 1. The molecule has 1 heterocycles. The summed E-state index contributed by atoms with van der Waals surface area (Å²) < 4.78 is 4.89. The fourth-order valence-corrected chi connectivity index (χ4v) is 1.30. The zero-order valence-corrected chi connectivity index (χ0v) is 9.28. The summed E-state index contributed by atoms with van der Waals surface area (Å²) in [6.45, 7) is 1.31. The molecule has 2 rings (SSSR count). The molecule has 0 bridgehead atoms. The Balaban J connectivity index is 2.31. The van der Waals surface area contributed by atoms with Crippen LogP contribution in [0.1, 0.15) is 6.92 Å². The summed E-state index contributed by atoms with van der Waals surface area (Å²) >= 11 is 0. The molecular weight excluding hydrogens is 240 g/mol. The van der Waals surface area contributed by atoms with Crippen LogP contribution in [0.3, 0.4) is 0 Å². The van der Waals surface area contributed by atoms with Gasteiger partial charge in [-0.3, -0.25) is 20.2 Å². The number of carbonyl (C=O) groups excluding carboxylic acids is 1. The quantitative estimate of drug-likeness (QED) is 0.652. The molecule has 0 saturated carbocycles. The van der Waals surface area contributed by atoms with Crippen LogP contribution in [0.25, 0.3) is 11.5 Å². The third-order valence-corrected chi connectivity index (χ3v) is 2.02. The smallest absolute Gasteiger partial charge is 0.270 e. The molecule has 0 aliphatic rings. The Morgan fingerprint density at radius 1 is 1.50 bits per heavy atom. The molecule has 0 aliphatic heterocycles. The Morgan fingerprint density at radius 2 is 2.28 bits per heavy atom. The molecule has 1 aromatic heterocycles. The van der Waals surface area contributed by atoms with Crippen molar-refractivity contribution in [2.24, 2.45) is 0 Å². The predicted octanol–water partition coefficient (Wildman–Crippen LogP) is 1.60. The van der Waals surface area contributed by atoms with E-state index in [1.54, 1.807) is 6.07 Å². The number of carbonyl (C=O) groups is 1.